The number of hydrogen-bond donors (Lipinski definition) is 0. The predicted octanol–water partition coefficient (Wildman–Crippen LogP) is 4.47. The molecule has 0 aromatic heterocycles. The Hall–Kier alpha value is -1.62. The van der Waals surface area contributed by atoms with E-state index in [4.69, 9.17) is 9.47 Å². The van der Waals surface area contributed by atoms with Gasteiger partial charge in [0, 0.05) is 23.3 Å². The van der Waals surface area contributed by atoms with E-state index in [1.165, 1.54) is 19.2 Å². The highest BCUT2D eigenvalue weighted by Crippen LogP contribution is 2.39. The summed E-state index contributed by atoms with van der Waals surface area (Å²) in [5.41, 5.74) is 1.08. The van der Waals surface area contributed by atoms with Gasteiger partial charge in [0.15, 0.2) is 0 Å². The molecule has 106 valence electrons. The maximum atomic E-state index is 13.8. The summed E-state index contributed by atoms with van der Waals surface area (Å²) in [5, 5.41) is 0. The van der Waals surface area contributed by atoms with Crippen molar-refractivity contribution in [1.29, 1.82) is 0 Å². The van der Waals surface area contributed by atoms with E-state index in [-0.39, 0.29) is 0 Å². The van der Waals surface area contributed by atoms with Crippen LogP contribution in [0.5, 0.6) is 11.5 Å². The quantitative estimate of drug-likeness (QED) is 0.763. The lowest BCUT2D eigenvalue weighted by molar-refractivity contribution is 0.391. The van der Waals surface area contributed by atoms with Crippen molar-refractivity contribution in [2.24, 2.45) is 0 Å². The lowest BCUT2D eigenvalue weighted by Gasteiger charge is -2.16. The van der Waals surface area contributed by atoms with Gasteiger partial charge in [-0.05, 0) is 12.1 Å². The minimum Gasteiger partial charge on any atom is -0.497 e. The molecular formula is C15H13BrF2O2. The van der Waals surface area contributed by atoms with E-state index < -0.39 is 16.5 Å². The molecule has 1 unspecified atom stereocenters. The summed E-state index contributed by atoms with van der Waals surface area (Å²) in [7, 11) is 3.08. The van der Waals surface area contributed by atoms with Crippen LogP contribution in [-0.4, -0.2) is 14.2 Å². The lowest BCUT2D eigenvalue weighted by Crippen LogP contribution is -2.00. The van der Waals surface area contributed by atoms with Gasteiger partial charge in [-0.2, -0.15) is 0 Å². The maximum Gasteiger partial charge on any atom is 0.130 e. The lowest BCUT2D eigenvalue weighted by atomic mass is 10.0. The molecule has 0 heterocycles. The molecule has 0 radical (unpaired) electrons. The van der Waals surface area contributed by atoms with Gasteiger partial charge in [-0.15, -0.1) is 0 Å². The highest BCUT2D eigenvalue weighted by molar-refractivity contribution is 9.09. The standard InChI is InChI=1S/C15H13BrF2O2/c1-19-10-4-6-12(14(8-10)20-2)15(16)11-5-3-9(17)7-13(11)18/h3-8,15H,1-2H3. The third kappa shape index (κ3) is 2.93. The van der Waals surface area contributed by atoms with Gasteiger partial charge in [0.25, 0.3) is 0 Å². The smallest absolute Gasteiger partial charge is 0.130 e. The zero-order valence-electron chi connectivity index (χ0n) is 11.0. The zero-order chi connectivity index (χ0) is 14.7. The van der Waals surface area contributed by atoms with E-state index in [0.29, 0.717) is 17.1 Å². The number of alkyl halides is 1. The summed E-state index contributed by atoms with van der Waals surface area (Å²) >= 11 is 3.42. The van der Waals surface area contributed by atoms with Crippen LogP contribution in [0.1, 0.15) is 16.0 Å². The second kappa shape index (κ2) is 6.22. The molecule has 0 amide bonds. The predicted molar refractivity (Wildman–Crippen MR) is 76.7 cm³/mol. The second-order valence-corrected chi connectivity index (χ2v) is 5.05. The van der Waals surface area contributed by atoms with Gasteiger partial charge in [0.1, 0.15) is 23.1 Å². The maximum absolute atomic E-state index is 13.8. The van der Waals surface area contributed by atoms with Gasteiger partial charge in [-0.1, -0.05) is 28.1 Å². The highest BCUT2D eigenvalue weighted by Gasteiger charge is 2.19. The van der Waals surface area contributed by atoms with Crippen LogP contribution in [0.3, 0.4) is 0 Å². The Kier molecular flexibility index (Phi) is 4.60. The Morgan fingerprint density at radius 2 is 1.65 bits per heavy atom. The normalized spacial score (nSPS) is 12.1. The summed E-state index contributed by atoms with van der Waals surface area (Å²) in [4.78, 5) is -0.441. The minimum absolute atomic E-state index is 0.342. The van der Waals surface area contributed by atoms with E-state index in [2.05, 4.69) is 15.9 Å². The Bertz CT molecular complexity index is 617. The Labute approximate surface area is 124 Å². The SMILES string of the molecule is COc1ccc(C(Br)c2ccc(F)cc2F)c(OC)c1. The van der Waals surface area contributed by atoms with Gasteiger partial charge in [-0.3, -0.25) is 0 Å². The summed E-state index contributed by atoms with van der Waals surface area (Å²) < 4.78 is 37.2. The first-order valence-corrected chi connectivity index (χ1v) is 6.79. The molecule has 0 saturated carbocycles. The van der Waals surface area contributed by atoms with Crippen LogP contribution in [0.25, 0.3) is 0 Å². The van der Waals surface area contributed by atoms with Crippen LogP contribution in [0.2, 0.25) is 0 Å². The van der Waals surface area contributed by atoms with Crippen LogP contribution in [-0.2, 0) is 0 Å². The third-order valence-corrected chi connectivity index (χ3v) is 3.94. The fourth-order valence-electron chi connectivity index (χ4n) is 1.90. The topological polar surface area (TPSA) is 18.5 Å². The van der Waals surface area contributed by atoms with E-state index in [1.807, 2.05) is 0 Å². The number of rotatable bonds is 4. The third-order valence-electron chi connectivity index (χ3n) is 2.95. The van der Waals surface area contributed by atoms with Gasteiger partial charge < -0.3 is 9.47 Å². The number of benzene rings is 2. The highest BCUT2D eigenvalue weighted by atomic mass is 79.9. The summed E-state index contributed by atoms with van der Waals surface area (Å²) in [6.07, 6.45) is 0. The largest absolute Gasteiger partial charge is 0.497 e. The van der Waals surface area contributed by atoms with Crippen LogP contribution in [0.15, 0.2) is 36.4 Å². The van der Waals surface area contributed by atoms with Crippen molar-refractivity contribution in [3.8, 4) is 11.5 Å². The monoisotopic (exact) mass is 342 g/mol. The molecule has 0 aliphatic rings. The van der Waals surface area contributed by atoms with Gasteiger partial charge >= 0.3 is 0 Å². The van der Waals surface area contributed by atoms with E-state index in [9.17, 15) is 8.78 Å². The van der Waals surface area contributed by atoms with Crippen LogP contribution in [0, 0.1) is 11.6 Å². The first-order valence-electron chi connectivity index (χ1n) is 5.87. The zero-order valence-corrected chi connectivity index (χ0v) is 12.6. The molecule has 0 fully saturated rings. The van der Waals surface area contributed by atoms with Gasteiger partial charge in [-0.25, -0.2) is 8.78 Å². The first-order chi connectivity index (χ1) is 9.56. The van der Waals surface area contributed by atoms with Gasteiger partial charge in [0.2, 0.25) is 0 Å². The van der Waals surface area contributed by atoms with Crippen molar-refractivity contribution in [2.75, 3.05) is 14.2 Å². The van der Waals surface area contributed by atoms with Crippen molar-refractivity contribution in [3.63, 3.8) is 0 Å². The molecular weight excluding hydrogens is 330 g/mol. The van der Waals surface area contributed by atoms with Crippen LogP contribution in [0.4, 0.5) is 8.78 Å². The number of ether oxygens (including phenoxy) is 2. The van der Waals surface area contributed by atoms with E-state index in [1.54, 1.807) is 25.3 Å². The van der Waals surface area contributed by atoms with Crippen molar-refractivity contribution in [2.45, 2.75) is 4.83 Å². The Morgan fingerprint density at radius 1 is 0.950 bits per heavy atom. The Balaban J connectivity index is 2.44. The van der Waals surface area contributed by atoms with Crippen LogP contribution >= 0.6 is 15.9 Å². The molecule has 20 heavy (non-hydrogen) atoms. The van der Waals surface area contributed by atoms with E-state index >= 15 is 0 Å². The van der Waals surface area contributed by atoms with E-state index in [0.717, 1.165) is 11.6 Å². The number of hydrogen-bond acceptors (Lipinski definition) is 2. The number of methoxy groups -OCH3 is 2. The van der Waals surface area contributed by atoms with Crippen LogP contribution < -0.4 is 9.47 Å². The first kappa shape index (κ1) is 14.8. The molecule has 2 nitrogen and oxygen atoms in total. The Morgan fingerprint density at radius 3 is 2.25 bits per heavy atom. The molecule has 0 bridgehead atoms. The van der Waals surface area contributed by atoms with Crippen molar-refractivity contribution in [3.05, 3.63) is 59.2 Å². The van der Waals surface area contributed by atoms with Gasteiger partial charge in [0.05, 0.1) is 19.0 Å². The summed E-state index contributed by atoms with van der Waals surface area (Å²) in [6.45, 7) is 0. The van der Waals surface area contributed by atoms with Crippen molar-refractivity contribution >= 4 is 15.9 Å². The molecule has 0 spiro atoms. The molecule has 2 aromatic rings. The molecule has 1 atom stereocenters. The molecule has 0 aliphatic heterocycles. The van der Waals surface area contributed by atoms with Crippen molar-refractivity contribution in [1.82, 2.24) is 0 Å². The average Bonchev–Trinajstić information content (AvgIpc) is 2.46. The summed E-state index contributed by atoms with van der Waals surface area (Å²) in [5.74, 6) is -0.00257. The summed E-state index contributed by atoms with van der Waals surface area (Å²) in [6, 6.07) is 8.74. The molecule has 0 saturated heterocycles. The average molecular weight is 343 g/mol. The van der Waals surface area contributed by atoms with Crippen molar-refractivity contribution < 1.29 is 18.3 Å². The molecule has 2 aromatic carbocycles. The molecule has 2 rings (SSSR count). The minimum atomic E-state index is -0.607. The molecule has 0 aliphatic carbocycles. The fourth-order valence-corrected chi connectivity index (χ4v) is 2.65. The molecule has 0 N–H and O–H groups in total. The second-order valence-electron chi connectivity index (χ2n) is 4.14. The number of halogens is 3. The fraction of sp³-hybridized carbons (Fsp3) is 0.200. The molecule has 5 heteroatoms.